The third-order valence-corrected chi connectivity index (χ3v) is 3.33. The summed E-state index contributed by atoms with van der Waals surface area (Å²) < 4.78 is 1.46. The molecule has 0 spiro atoms. The van der Waals surface area contributed by atoms with Crippen molar-refractivity contribution in [2.24, 2.45) is 5.73 Å². The van der Waals surface area contributed by atoms with Gasteiger partial charge in [-0.1, -0.05) is 0 Å². The van der Waals surface area contributed by atoms with Crippen molar-refractivity contribution in [1.82, 2.24) is 9.78 Å². The zero-order valence-corrected chi connectivity index (χ0v) is 10.5. The molecule has 0 aromatic carbocycles. The third kappa shape index (κ3) is 2.34. The molecule has 0 unspecified atom stereocenters. The van der Waals surface area contributed by atoms with Gasteiger partial charge >= 0.3 is 0 Å². The monoisotopic (exact) mass is 236 g/mol. The van der Waals surface area contributed by atoms with Crippen LogP contribution in [0.25, 0.3) is 0 Å². The zero-order chi connectivity index (χ0) is 12.5. The molecule has 1 aliphatic rings. The number of aromatic nitrogens is 2. The lowest BCUT2D eigenvalue weighted by atomic mass is 10.1. The molecule has 0 amide bonds. The van der Waals surface area contributed by atoms with Crippen LogP contribution in [0.5, 0.6) is 0 Å². The van der Waals surface area contributed by atoms with Crippen LogP contribution in [0.15, 0.2) is 17.1 Å². The molecule has 1 fully saturated rings. The van der Waals surface area contributed by atoms with E-state index in [-0.39, 0.29) is 5.56 Å². The Bertz CT molecular complexity index is 446. The SMILES string of the molecule is CC(C)(CN)n1ncc(N2CCCC2)cc1=O. The lowest BCUT2D eigenvalue weighted by Gasteiger charge is -2.25. The van der Waals surface area contributed by atoms with Crippen LogP contribution in [0.2, 0.25) is 0 Å². The first-order chi connectivity index (χ1) is 8.04. The van der Waals surface area contributed by atoms with Gasteiger partial charge in [0.1, 0.15) is 0 Å². The molecule has 0 aliphatic carbocycles. The molecule has 2 heterocycles. The first-order valence-electron chi connectivity index (χ1n) is 6.09. The quantitative estimate of drug-likeness (QED) is 0.832. The van der Waals surface area contributed by atoms with E-state index in [0.29, 0.717) is 6.54 Å². The molecule has 1 aromatic rings. The van der Waals surface area contributed by atoms with Crippen LogP contribution in [0.3, 0.4) is 0 Å². The second kappa shape index (κ2) is 4.49. The predicted molar refractivity (Wildman–Crippen MR) is 68.3 cm³/mol. The Balaban J connectivity index is 2.32. The molecule has 17 heavy (non-hydrogen) atoms. The van der Waals surface area contributed by atoms with E-state index in [0.717, 1.165) is 18.8 Å². The van der Waals surface area contributed by atoms with Crippen LogP contribution >= 0.6 is 0 Å². The van der Waals surface area contributed by atoms with Crippen LogP contribution in [-0.2, 0) is 5.54 Å². The van der Waals surface area contributed by atoms with Crippen molar-refractivity contribution in [3.63, 3.8) is 0 Å². The van der Waals surface area contributed by atoms with Gasteiger partial charge in [-0.2, -0.15) is 5.10 Å². The summed E-state index contributed by atoms with van der Waals surface area (Å²) in [7, 11) is 0. The number of rotatable bonds is 3. The van der Waals surface area contributed by atoms with Gasteiger partial charge in [0.05, 0.1) is 17.4 Å². The molecule has 1 aromatic heterocycles. The summed E-state index contributed by atoms with van der Waals surface area (Å²) in [5, 5.41) is 4.25. The number of nitrogens with two attached hydrogens (primary N) is 1. The molecule has 0 atom stereocenters. The molecule has 0 radical (unpaired) electrons. The molecule has 2 rings (SSSR count). The van der Waals surface area contributed by atoms with E-state index in [1.54, 1.807) is 12.3 Å². The molecule has 94 valence electrons. The van der Waals surface area contributed by atoms with Gasteiger partial charge in [-0.15, -0.1) is 0 Å². The third-order valence-electron chi connectivity index (χ3n) is 3.33. The van der Waals surface area contributed by atoms with Gasteiger partial charge in [-0.3, -0.25) is 4.79 Å². The van der Waals surface area contributed by atoms with E-state index >= 15 is 0 Å². The van der Waals surface area contributed by atoms with E-state index in [4.69, 9.17) is 5.73 Å². The van der Waals surface area contributed by atoms with E-state index in [9.17, 15) is 4.79 Å². The summed E-state index contributed by atoms with van der Waals surface area (Å²) in [6.07, 6.45) is 4.15. The molecule has 0 saturated carbocycles. The Morgan fingerprint density at radius 3 is 2.59 bits per heavy atom. The summed E-state index contributed by atoms with van der Waals surface area (Å²) in [5.74, 6) is 0. The summed E-state index contributed by atoms with van der Waals surface area (Å²) in [6, 6.07) is 1.66. The summed E-state index contributed by atoms with van der Waals surface area (Å²) in [4.78, 5) is 14.2. The molecule has 1 saturated heterocycles. The maximum Gasteiger partial charge on any atom is 0.269 e. The zero-order valence-electron chi connectivity index (χ0n) is 10.5. The van der Waals surface area contributed by atoms with Gasteiger partial charge in [0, 0.05) is 25.7 Å². The fourth-order valence-corrected chi connectivity index (χ4v) is 2.09. The number of nitrogens with zero attached hydrogens (tertiary/aromatic N) is 3. The minimum absolute atomic E-state index is 0.0788. The molecule has 2 N–H and O–H groups in total. The molecule has 1 aliphatic heterocycles. The van der Waals surface area contributed by atoms with E-state index in [1.165, 1.54) is 17.5 Å². The first kappa shape index (κ1) is 12.1. The maximum absolute atomic E-state index is 12.0. The largest absolute Gasteiger partial charge is 0.370 e. The highest BCUT2D eigenvalue weighted by Gasteiger charge is 2.21. The maximum atomic E-state index is 12.0. The summed E-state index contributed by atoms with van der Waals surface area (Å²) in [5.41, 5.74) is 6.08. The fraction of sp³-hybridized carbons (Fsp3) is 0.667. The Labute approximate surface area is 101 Å². The highest BCUT2D eigenvalue weighted by Crippen LogP contribution is 2.18. The lowest BCUT2D eigenvalue weighted by molar-refractivity contribution is 0.314. The standard InChI is InChI=1S/C12H20N4O/c1-12(2,9-13)16-11(17)7-10(8-14-16)15-5-3-4-6-15/h7-8H,3-6,9,13H2,1-2H3. The van der Waals surface area contributed by atoms with Crippen molar-refractivity contribution in [2.45, 2.75) is 32.2 Å². The Kier molecular flexibility index (Phi) is 3.19. The lowest BCUT2D eigenvalue weighted by Crippen LogP contribution is -2.43. The van der Waals surface area contributed by atoms with Gasteiger partial charge in [0.2, 0.25) is 0 Å². The van der Waals surface area contributed by atoms with Crippen molar-refractivity contribution >= 4 is 5.69 Å². The van der Waals surface area contributed by atoms with Gasteiger partial charge in [0.15, 0.2) is 0 Å². The van der Waals surface area contributed by atoms with Crippen LogP contribution in [-0.4, -0.2) is 29.4 Å². The van der Waals surface area contributed by atoms with Crippen molar-refractivity contribution in [3.8, 4) is 0 Å². The number of hydrogen-bond acceptors (Lipinski definition) is 4. The minimum Gasteiger partial charge on any atom is -0.370 e. The predicted octanol–water partition coefficient (Wildman–Crippen LogP) is 0.537. The molecular formula is C12H20N4O. The average Bonchev–Trinajstić information content (AvgIpc) is 2.82. The number of hydrogen-bond donors (Lipinski definition) is 1. The Morgan fingerprint density at radius 1 is 1.41 bits per heavy atom. The van der Waals surface area contributed by atoms with E-state index in [1.807, 2.05) is 13.8 Å². The van der Waals surface area contributed by atoms with Crippen LogP contribution in [0, 0.1) is 0 Å². The number of anilines is 1. The van der Waals surface area contributed by atoms with Crippen LogP contribution < -0.4 is 16.2 Å². The minimum atomic E-state index is -0.430. The van der Waals surface area contributed by atoms with Crippen molar-refractivity contribution < 1.29 is 0 Å². The fourth-order valence-electron chi connectivity index (χ4n) is 2.09. The molecule has 5 nitrogen and oxygen atoms in total. The van der Waals surface area contributed by atoms with Crippen LogP contribution in [0.1, 0.15) is 26.7 Å². The van der Waals surface area contributed by atoms with Gasteiger partial charge in [0.25, 0.3) is 5.56 Å². The van der Waals surface area contributed by atoms with Crippen molar-refractivity contribution in [2.75, 3.05) is 24.5 Å². The van der Waals surface area contributed by atoms with E-state index < -0.39 is 5.54 Å². The summed E-state index contributed by atoms with van der Waals surface area (Å²) >= 11 is 0. The van der Waals surface area contributed by atoms with Gasteiger partial charge in [-0.25, -0.2) is 4.68 Å². The normalized spacial score (nSPS) is 16.5. The Morgan fingerprint density at radius 2 is 2.06 bits per heavy atom. The van der Waals surface area contributed by atoms with Crippen molar-refractivity contribution in [1.29, 1.82) is 0 Å². The molecule has 5 heteroatoms. The average molecular weight is 236 g/mol. The topological polar surface area (TPSA) is 64.2 Å². The van der Waals surface area contributed by atoms with Crippen molar-refractivity contribution in [3.05, 3.63) is 22.6 Å². The second-order valence-electron chi connectivity index (χ2n) is 5.17. The smallest absolute Gasteiger partial charge is 0.269 e. The second-order valence-corrected chi connectivity index (χ2v) is 5.17. The summed E-state index contributed by atoms with van der Waals surface area (Å²) in [6.45, 7) is 6.26. The Hall–Kier alpha value is -1.36. The highest BCUT2D eigenvalue weighted by molar-refractivity contribution is 5.43. The van der Waals surface area contributed by atoms with Crippen LogP contribution in [0.4, 0.5) is 5.69 Å². The van der Waals surface area contributed by atoms with E-state index in [2.05, 4.69) is 10.00 Å². The highest BCUT2D eigenvalue weighted by atomic mass is 16.1. The van der Waals surface area contributed by atoms with Gasteiger partial charge < -0.3 is 10.6 Å². The first-order valence-corrected chi connectivity index (χ1v) is 6.09. The van der Waals surface area contributed by atoms with Gasteiger partial charge in [-0.05, 0) is 26.7 Å². The molecular weight excluding hydrogens is 216 g/mol. The molecule has 0 bridgehead atoms.